The average Bonchev–Trinajstić information content (AvgIpc) is 2.77. The molecular formula is C23H19N3O4. The Bertz CT molecular complexity index is 1120. The molecule has 0 heterocycles. The largest absolute Gasteiger partial charge is 0.454 e. The Morgan fingerprint density at radius 3 is 2.40 bits per heavy atom. The Hall–Kier alpha value is -4.18. The number of nitrogens with zero attached hydrogens (tertiary/aromatic N) is 1. The van der Waals surface area contributed by atoms with E-state index in [9.17, 15) is 14.4 Å². The first-order valence-corrected chi connectivity index (χ1v) is 9.23. The summed E-state index contributed by atoms with van der Waals surface area (Å²) in [5.74, 6) is -1.62. The number of benzene rings is 3. The first-order chi connectivity index (χ1) is 14.5. The van der Waals surface area contributed by atoms with Gasteiger partial charge in [-0.1, -0.05) is 42.5 Å². The number of esters is 1. The summed E-state index contributed by atoms with van der Waals surface area (Å²) < 4.78 is 4.89. The second-order valence-electron chi connectivity index (χ2n) is 6.49. The van der Waals surface area contributed by atoms with E-state index < -0.39 is 24.4 Å². The van der Waals surface area contributed by atoms with Gasteiger partial charge in [-0.15, -0.1) is 0 Å². The first-order valence-electron chi connectivity index (χ1n) is 9.23. The van der Waals surface area contributed by atoms with Gasteiger partial charge in [0, 0.05) is 11.3 Å². The molecule has 2 N–H and O–H groups in total. The molecule has 0 fully saturated rings. The number of carbonyl (C=O) groups is 3. The van der Waals surface area contributed by atoms with Gasteiger partial charge in [0.05, 0.1) is 12.5 Å². The van der Waals surface area contributed by atoms with Crippen LogP contribution in [-0.4, -0.2) is 30.9 Å². The molecular weight excluding hydrogens is 382 g/mol. The smallest absolute Gasteiger partial charge is 0.325 e. The molecule has 0 aromatic heterocycles. The number of ether oxygens (including phenoxy) is 1. The van der Waals surface area contributed by atoms with Crippen molar-refractivity contribution in [2.45, 2.75) is 6.42 Å². The molecule has 0 aliphatic carbocycles. The van der Waals surface area contributed by atoms with E-state index in [4.69, 9.17) is 10.00 Å². The maximum atomic E-state index is 12.2. The van der Waals surface area contributed by atoms with E-state index in [1.807, 2.05) is 36.4 Å². The number of amides is 2. The molecule has 0 atom stereocenters. The average molecular weight is 401 g/mol. The molecule has 7 nitrogen and oxygen atoms in total. The topological polar surface area (TPSA) is 108 Å². The van der Waals surface area contributed by atoms with E-state index in [2.05, 4.69) is 10.6 Å². The summed E-state index contributed by atoms with van der Waals surface area (Å²) in [6, 6.07) is 21.7. The molecule has 0 radical (unpaired) electrons. The van der Waals surface area contributed by atoms with Crippen molar-refractivity contribution in [2.24, 2.45) is 0 Å². The number of fused-ring (bicyclic) bond motifs is 1. The number of hydrogen-bond donors (Lipinski definition) is 2. The lowest BCUT2D eigenvalue weighted by Gasteiger charge is -2.08. The third-order valence-corrected chi connectivity index (χ3v) is 4.29. The van der Waals surface area contributed by atoms with Crippen LogP contribution >= 0.6 is 0 Å². The molecule has 0 spiro atoms. The standard InChI is InChI=1S/C23H19N3O4/c24-12-11-16-5-9-20(10-6-16)26-21(27)15-30-22(28)14-25-23(29)19-8-7-17-3-1-2-4-18(17)13-19/h1-10,13H,11,14-15H2,(H,25,29)(H,26,27). The predicted molar refractivity (Wildman–Crippen MR) is 112 cm³/mol. The highest BCUT2D eigenvalue weighted by molar-refractivity contribution is 6.00. The predicted octanol–water partition coefficient (Wildman–Crippen LogP) is 2.82. The molecule has 0 aliphatic rings. The van der Waals surface area contributed by atoms with Gasteiger partial charge in [-0.05, 0) is 40.6 Å². The van der Waals surface area contributed by atoms with Crippen LogP contribution in [0.4, 0.5) is 5.69 Å². The molecule has 0 unspecified atom stereocenters. The molecule has 3 aromatic rings. The van der Waals surface area contributed by atoms with Gasteiger partial charge in [-0.3, -0.25) is 14.4 Å². The summed E-state index contributed by atoms with van der Waals surface area (Å²) in [7, 11) is 0. The maximum absolute atomic E-state index is 12.2. The van der Waals surface area contributed by atoms with Gasteiger partial charge in [0.15, 0.2) is 6.61 Å². The Kier molecular flexibility index (Phi) is 6.74. The minimum absolute atomic E-state index is 0.288. The number of anilines is 1. The summed E-state index contributed by atoms with van der Waals surface area (Å²) in [6.45, 7) is -0.813. The Labute approximate surface area is 173 Å². The van der Waals surface area contributed by atoms with E-state index in [0.29, 0.717) is 11.3 Å². The number of nitriles is 1. The number of carbonyl (C=O) groups excluding carboxylic acids is 3. The van der Waals surface area contributed by atoms with Crippen molar-refractivity contribution >= 4 is 34.2 Å². The van der Waals surface area contributed by atoms with Crippen LogP contribution < -0.4 is 10.6 Å². The van der Waals surface area contributed by atoms with Crippen molar-refractivity contribution in [3.8, 4) is 6.07 Å². The summed E-state index contributed by atoms with van der Waals surface area (Å²) in [5.41, 5.74) is 1.80. The number of hydrogen-bond acceptors (Lipinski definition) is 5. The van der Waals surface area contributed by atoms with Crippen LogP contribution in [0.25, 0.3) is 10.8 Å². The van der Waals surface area contributed by atoms with Gasteiger partial charge < -0.3 is 15.4 Å². The minimum atomic E-state index is -0.719. The van der Waals surface area contributed by atoms with E-state index in [1.54, 1.807) is 36.4 Å². The lowest BCUT2D eigenvalue weighted by atomic mass is 10.1. The van der Waals surface area contributed by atoms with Gasteiger partial charge in [0.1, 0.15) is 6.54 Å². The fourth-order valence-corrected chi connectivity index (χ4v) is 2.78. The van der Waals surface area contributed by atoms with Crippen LogP contribution in [0.1, 0.15) is 15.9 Å². The van der Waals surface area contributed by atoms with Crippen molar-refractivity contribution in [3.63, 3.8) is 0 Å². The monoisotopic (exact) mass is 401 g/mol. The molecule has 0 saturated carbocycles. The summed E-state index contributed by atoms with van der Waals surface area (Å²) in [5, 5.41) is 15.7. The molecule has 150 valence electrons. The van der Waals surface area contributed by atoms with E-state index in [0.717, 1.165) is 16.3 Å². The van der Waals surface area contributed by atoms with E-state index in [-0.39, 0.29) is 13.0 Å². The van der Waals surface area contributed by atoms with Gasteiger partial charge in [-0.25, -0.2) is 0 Å². The van der Waals surface area contributed by atoms with Crippen LogP contribution in [0.3, 0.4) is 0 Å². The van der Waals surface area contributed by atoms with Crippen molar-refractivity contribution in [2.75, 3.05) is 18.5 Å². The highest BCUT2D eigenvalue weighted by atomic mass is 16.5. The minimum Gasteiger partial charge on any atom is -0.454 e. The van der Waals surface area contributed by atoms with Gasteiger partial charge in [0.25, 0.3) is 11.8 Å². The molecule has 3 rings (SSSR count). The zero-order valence-corrected chi connectivity index (χ0v) is 16.1. The molecule has 7 heteroatoms. The maximum Gasteiger partial charge on any atom is 0.325 e. The van der Waals surface area contributed by atoms with Gasteiger partial charge in [0.2, 0.25) is 0 Å². The SMILES string of the molecule is N#CCc1ccc(NC(=O)COC(=O)CNC(=O)c2ccc3ccccc3c2)cc1. The fourth-order valence-electron chi connectivity index (χ4n) is 2.78. The molecule has 30 heavy (non-hydrogen) atoms. The highest BCUT2D eigenvalue weighted by Crippen LogP contribution is 2.15. The highest BCUT2D eigenvalue weighted by Gasteiger charge is 2.11. The Morgan fingerprint density at radius 1 is 0.933 bits per heavy atom. The van der Waals surface area contributed by atoms with Crippen LogP contribution in [0.5, 0.6) is 0 Å². The van der Waals surface area contributed by atoms with Gasteiger partial charge >= 0.3 is 5.97 Å². The van der Waals surface area contributed by atoms with Gasteiger partial charge in [-0.2, -0.15) is 5.26 Å². The summed E-state index contributed by atoms with van der Waals surface area (Å²) >= 11 is 0. The summed E-state index contributed by atoms with van der Waals surface area (Å²) in [6.07, 6.45) is 0.288. The van der Waals surface area contributed by atoms with E-state index in [1.165, 1.54) is 0 Å². The zero-order valence-electron chi connectivity index (χ0n) is 16.1. The van der Waals surface area contributed by atoms with Crippen LogP contribution in [0.15, 0.2) is 66.7 Å². The fraction of sp³-hybridized carbons (Fsp3) is 0.130. The molecule has 0 saturated heterocycles. The van der Waals surface area contributed by atoms with Crippen LogP contribution in [-0.2, 0) is 20.7 Å². The number of rotatable bonds is 7. The van der Waals surface area contributed by atoms with Crippen molar-refractivity contribution in [3.05, 3.63) is 77.9 Å². The molecule has 3 aromatic carbocycles. The third-order valence-electron chi connectivity index (χ3n) is 4.29. The molecule has 2 amide bonds. The van der Waals surface area contributed by atoms with Crippen molar-refractivity contribution < 1.29 is 19.1 Å². The zero-order chi connectivity index (χ0) is 21.3. The van der Waals surface area contributed by atoms with E-state index >= 15 is 0 Å². The third kappa shape index (κ3) is 5.66. The quantitative estimate of drug-likeness (QED) is 0.592. The van der Waals surface area contributed by atoms with Crippen LogP contribution in [0.2, 0.25) is 0 Å². The second-order valence-corrected chi connectivity index (χ2v) is 6.49. The van der Waals surface area contributed by atoms with Crippen LogP contribution in [0, 0.1) is 11.3 Å². The lowest BCUT2D eigenvalue weighted by Crippen LogP contribution is -2.32. The number of nitrogens with one attached hydrogen (secondary N) is 2. The second kappa shape index (κ2) is 9.85. The van der Waals surface area contributed by atoms with Crippen molar-refractivity contribution in [1.29, 1.82) is 5.26 Å². The normalized spacial score (nSPS) is 10.1. The molecule has 0 aliphatic heterocycles. The summed E-state index contributed by atoms with van der Waals surface area (Å²) in [4.78, 5) is 35.9. The first kappa shape index (κ1) is 20.6. The molecule has 0 bridgehead atoms. The Balaban J connectivity index is 1.43. The van der Waals surface area contributed by atoms with Crippen molar-refractivity contribution in [1.82, 2.24) is 5.32 Å². The Morgan fingerprint density at radius 2 is 1.67 bits per heavy atom. The lowest BCUT2D eigenvalue weighted by molar-refractivity contribution is -0.146.